The predicted octanol–water partition coefficient (Wildman–Crippen LogP) is 6.15. The van der Waals surface area contributed by atoms with E-state index in [1.807, 2.05) is 0 Å². The SMILES string of the molecule is CC[C@H](C(=O)NC(C)(C)C)N(Cc1c(Cl)cccc1Cl)C(=O)CN(c1ccc(Cl)c(C(F)(F)F)c1)S(C)(=O)=O. The van der Waals surface area contributed by atoms with E-state index in [0.29, 0.717) is 15.9 Å². The van der Waals surface area contributed by atoms with Crippen molar-refractivity contribution < 1.29 is 31.2 Å². The van der Waals surface area contributed by atoms with Gasteiger partial charge in [0.15, 0.2) is 0 Å². The first-order valence-electron chi connectivity index (χ1n) is 11.6. The average molecular weight is 631 g/mol. The minimum Gasteiger partial charge on any atom is -0.350 e. The average Bonchev–Trinajstić information content (AvgIpc) is 2.77. The molecule has 0 aliphatic rings. The van der Waals surface area contributed by atoms with Gasteiger partial charge in [-0.1, -0.05) is 47.8 Å². The Kier molecular flexibility index (Phi) is 10.6. The topological polar surface area (TPSA) is 86.8 Å². The third-order valence-corrected chi connectivity index (χ3v) is 7.68. The molecule has 0 unspecified atom stereocenters. The molecule has 0 saturated heterocycles. The molecule has 0 bridgehead atoms. The second-order valence-corrected chi connectivity index (χ2v) is 12.9. The molecule has 0 aromatic heterocycles. The van der Waals surface area contributed by atoms with Gasteiger partial charge < -0.3 is 10.2 Å². The van der Waals surface area contributed by atoms with Crippen LogP contribution in [0, 0.1) is 0 Å². The molecule has 39 heavy (non-hydrogen) atoms. The number of carbonyl (C=O) groups excluding carboxylic acids is 2. The van der Waals surface area contributed by atoms with Crippen molar-refractivity contribution in [2.24, 2.45) is 0 Å². The zero-order chi connectivity index (χ0) is 29.9. The van der Waals surface area contributed by atoms with Gasteiger partial charge in [-0.15, -0.1) is 0 Å². The van der Waals surface area contributed by atoms with Gasteiger partial charge in [0.1, 0.15) is 12.6 Å². The van der Waals surface area contributed by atoms with Crippen molar-refractivity contribution in [3.05, 3.63) is 62.6 Å². The molecule has 0 fully saturated rings. The molecular formula is C25H29Cl3F3N3O4S. The molecule has 2 rings (SSSR count). The van der Waals surface area contributed by atoms with Crippen LogP contribution in [-0.2, 0) is 32.3 Å². The summed E-state index contributed by atoms with van der Waals surface area (Å²) in [6.45, 7) is 5.74. The number of halogens is 6. The minimum absolute atomic E-state index is 0.133. The second kappa shape index (κ2) is 12.5. The van der Waals surface area contributed by atoms with E-state index in [4.69, 9.17) is 34.8 Å². The number of nitrogens with zero attached hydrogens (tertiary/aromatic N) is 2. The van der Waals surface area contributed by atoms with Gasteiger partial charge >= 0.3 is 6.18 Å². The zero-order valence-corrected chi connectivity index (χ0v) is 25.0. The lowest BCUT2D eigenvalue weighted by Crippen LogP contribution is -2.55. The van der Waals surface area contributed by atoms with Crippen LogP contribution in [0.25, 0.3) is 0 Å². The number of alkyl halides is 3. The van der Waals surface area contributed by atoms with Crippen LogP contribution in [0.15, 0.2) is 36.4 Å². The molecule has 0 radical (unpaired) electrons. The Balaban J connectivity index is 2.60. The second-order valence-electron chi connectivity index (χ2n) is 9.82. The number of hydrogen-bond donors (Lipinski definition) is 1. The van der Waals surface area contributed by atoms with Gasteiger partial charge in [0, 0.05) is 27.7 Å². The van der Waals surface area contributed by atoms with Crippen molar-refractivity contribution in [3.63, 3.8) is 0 Å². The summed E-state index contributed by atoms with van der Waals surface area (Å²) in [6.07, 6.45) is -3.99. The van der Waals surface area contributed by atoms with Crippen molar-refractivity contribution in [2.75, 3.05) is 17.1 Å². The van der Waals surface area contributed by atoms with Gasteiger partial charge in [0.2, 0.25) is 21.8 Å². The van der Waals surface area contributed by atoms with Crippen molar-refractivity contribution in [2.45, 2.75) is 58.4 Å². The first-order chi connectivity index (χ1) is 17.8. The highest BCUT2D eigenvalue weighted by Gasteiger charge is 2.36. The summed E-state index contributed by atoms with van der Waals surface area (Å²) < 4.78 is 66.3. The van der Waals surface area contributed by atoms with Crippen LogP contribution in [0.5, 0.6) is 0 Å². The summed E-state index contributed by atoms with van der Waals surface area (Å²) in [6, 6.07) is 6.10. The van der Waals surface area contributed by atoms with Crippen LogP contribution in [-0.4, -0.2) is 49.5 Å². The lowest BCUT2D eigenvalue weighted by molar-refractivity contribution is -0.141. The van der Waals surface area contributed by atoms with Crippen LogP contribution in [0.1, 0.15) is 45.2 Å². The fourth-order valence-corrected chi connectivity index (χ4v) is 5.31. The summed E-state index contributed by atoms with van der Waals surface area (Å²) in [4.78, 5) is 28.0. The number of anilines is 1. The summed E-state index contributed by atoms with van der Waals surface area (Å²) in [5.41, 5.74) is -2.03. The maximum atomic E-state index is 13.7. The minimum atomic E-state index is -4.87. The largest absolute Gasteiger partial charge is 0.417 e. The number of amides is 2. The molecule has 0 aliphatic heterocycles. The number of hydrogen-bond acceptors (Lipinski definition) is 4. The third-order valence-electron chi connectivity index (χ3n) is 5.50. The zero-order valence-electron chi connectivity index (χ0n) is 21.9. The lowest BCUT2D eigenvalue weighted by atomic mass is 10.1. The smallest absolute Gasteiger partial charge is 0.350 e. The van der Waals surface area contributed by atoms with Crippen molar-refractivity contribution in [3.8, 4) is 0 Å². The molecule has 14 heteroatoms. The number of carbonyl (C=O) groups is 2. The van der Waals surface area contributed by atoms with Gasteiger partial charge in [-0.2, -0.15) is 13.2 Å². The normalized spacial score (nSPS) is 13.1. The van der Waals surface area contributed by atoms with Crippen molar-refractivity contribution >= 4 is 62.3 Å². The Labute approximate surface area is 241 Å². The molecule has 2 amide bonds. The molecule has 1 N–H and O–H groups in total. The standard InChI is InChI=1S/C25H29Cl3F3N3O4S/c1-6-21(23(36)32-24(2,3)4)33(13-16-18(26)8-7-9-19(16)27)22(35)14-34(39(5,37)38)15-10-11-20(28)17(12-15)25(29,30)31/h7-12,21H,6,13-14H2,1-5H3,(H,32,36)/t21-/m1/s1. The first-order valence-corrected chi connectivity index (χ1v) is 14.6. The Morgan fingerprint density at radius 2 is 1.56 bits per heavy atom. The molecular weight excluding hydrogens is 602 g/mol. The van der Waals surface area contributed by atoms with E-state index in [1.165, 1.54) is 12.1 Å². The van der Waals surface area contributed by atoms with E-state index in [0.717, 1.165) is 23.3 Å². The lowest BCUT2D eigenvalue weighted by Gasteiger charge is -2.35. The van der Waals surface area contributed by atoms with E-state index in [1.54, 1.807) is 33.8 Å². The van der Waals surface area contributed by atoms with Crippen LogP contribution >= 0.6 is 34.8 Å². The van der Waals surface area contributed by atoms with Gasteiger partial charge in [0.25, 0.3) is 0 Å². The quantitative estimate of drug-likeness (QED) is 0.360. The third kappa shape index (κ3) is 8.89. The van der Waals surface area contributed by atoms with E-state index in [-0.39, 0.29) is 23.0 Å². The van der Waals surface area contributed by atoms with Crippen molar-refractivity contribution in [1.29, 1.82) is 0 Å². The number of nitrogens with one attached hydrogen (secondary N) is 1. The molecule has 0 saturated carbocycles. The molecule has 2 aromatic rings. The molecule has 7 nitrogen and oxygen atoms in total. The predicted molar refractivity (Wildman–Crippen MR) is 148 cm³/mol. The summed E-state index contributed by atoms with van der Waals surface area (Å²) in [7, 11) is -4.27. The highest BCUT2D eigenvalue weighted by atomic mass is 35.5. The van der Waals surface area contributed by atoms with Gasteiger partial charge in [-0.25, -0.2) is 8.42 Å². The molecule has 216 valence electrons. The monoisotopic (exact) mass is 629 g/mol. The highest BCUT2D eigenvalue weighted by Crippen LogP contribution is 2.37. The van der Waals surface area contributed by atoms with E-state index < -0.39 is 62.4 Å². The van der Waals surface area contributed by atoms with Crippen molar-refractivity contribution in [1.82, 2.24) is 10.2 Å². The fourth-order valence-electron chi connectivity index (χ4n) is 3.73. The summed E-state index contributed by atoms with van der Waals surface area (Å²) >= 11 is 18.3. The molecule has 2 aromatic carbocycles. The summed E-state index contributed by atoms with van der Waals surface area (Å²) in [5, 5.41) is 2.58. The Hall–Kier alpha value is -2.21. The Morgan fingerprint density at radius 1 is 1.00 bits per heavy atom. The summed E-state index contributed by atoms with van der Waals surface area (Å²) in [5.74, 6) is -1.38. The van der Waals surface area contributed by atoms with Crippen LogP contribution in [0.4, 0.5) is 18.9 Å². The first kappa shape index (κ1) is 33.0. The van der Waals surface area contributed by atoms with E-state index in [9.17, 15) is 31.2 Å². The van der Waals surface area contributed by atoms with Gasteiger partial charge in [-0.3, -0.25) is 13.9 Å². The maximum absolute atomic E-state index is 13.7. The van der Waals surface area contributed by atoms with Crippen LogP contribution in [0.3, 0.4) is 0 Å². The van der Waals surface area contributed by atoms with E-state index in [2.05, 4.69) is 5.32 Å². The molecule has 1 atom stereocenters. The Bertz CT molecular complexity index is 1310. The fraction of sp³-hybridized carbons (Fsp3) is 0.440. The number of rotatable bonds is 9. The highest BCUT2D eigenvalue weighted by molar-refractivity contribution is 7.92. The molecule has 0 aliphatic carbocycles. The molecule has 0 spiro atoms. The Morgan fingerprint density at radius 3 is 2.03 bits per heavy atom. The van der Waals surface area contributed by atoms with Crippen LogP contribution < -0.4 is 9.62 Å². The maximum Gasteiger partial charge on any atom is 0.417 e. The van der Waals surface area contributed by atoms with Crippen LogP contribution in [0.2, 0.25) is 15.1 Å². The number of sulfonamides is 1. The van der Waals surface area contributed by atoms with Gasteiger partial charge in [0.05, 0.1) is 22.5 Å². The van der Waals surface area contributed by atoms with E-state index >= 15 is 0 Å². The molecule has 0 heterocycles. The van der Waals surface area contributed by atoms with Gasteiger partial charge in [-0.05, 0) is 57.5 Å². The number of benzene rings is 2.